The zero-order chi connectivity index (χ0) is 21.1. The van der Waals surface area contributed by atoms with Crippen LogP contribution >= 0.6 is 11.6 Å². The van der Waals surface area contributed by atoms with Gasteiger partial charge in [0.25, 0.3) is 0 Å². The van der Waals surface area contributed by atoms with E-state index in [0.717, 1.165) is 22.4 Å². The highest BCUT2D eigenvalue weighted by Gasteiger charge is 2.30. The van der Waals surface area contributed by atoms with Crippen molar-refractivity contribution in [3.05, 3.63) is 93.7 Å². The molecule has 0 atom stereocenters. The highest BCUT2D eigenvalue weighted by molar-refractivity contribution is 6.30. The van der Waals surface area contributed by atoms with Crippen molar-refractivity contribution in [3.8, 4) is 17.2 Å². The van der Waals surface area contributed by atoms with Gasteiger partial charge in [0.15, 0.2) is 5.76 Å². The van der Waals surface area contributed by atoms with Crippen LogP contribution in [-0.2, 0) is 6.61 Å². The van der Waals surface area contributed by atoms with Crippen molar-refractivity contribution in [2.24, 2.45) is 0 Å². The topological polar surface area (TPSA) is 44.8 Å². The van der Waals surface area contributed by atoms with Crippen LogP contribution in [0.3, 0.4) is 0 Å². The van der Waals surface area contributed by atoms with Crippen LogP contribution in [0.15, 0.2) is 66.4 Å². The predicted molar refractivity (Wildman–Crippen MR) is 118 cm³/mol. The molecule has 30 heavy (non-hydrogen) atoms. The molecule has 4 rings (SSSR count). The van der Waals surface area contributed by atoms with E-state index in [4.69, 9.17) is 25.8 Å². The van der Waals surface area contributed by atoms with Gasteiger partial charge < -0.3 is 14.2 Å². The molecule has 0 saturated carbocycles. The summed E-state index contributed by atoms with van der Waals surface area (Å²) in [4.78, 5) is 12.8. The molecule has 4 nitrogen and oxygen atoms in total. The van der Waals surface area contributed by atoms with Gasteiger partial charge in [-0.15, -0.1) is 0 Å². The summed E-state index contributed by atoms with van der Waals surface area (Å²) in [6.45, 7) is 4.83. The number of rotatable bonds is 6. The zero-order valence-electron chi connectivity index (χ0n) is 16.8. The number of hydrogen-bond donors (Lipinski definition) is 0. The molecule has 3 aromatic rings. The smallest absolute Gasteiger partial charge is 0.232 e. The third-order valence-electron chi connectivity index (χ3n) is 4.75. The minimum atomic E-state index is -0.124. The van der Waals surface area contributed by atoms with Crippen molar-refractivity contribution >= 4 is 23.5 Å². The van der Waals surface area contributed by atoms with E-state index in [1.165, 1.54) is 0 Å². The molecule has 1 heterocycles. The van der Waals surface area contributed by atoms with Gasteiger partial charge >= 0.3 is 0 Å². The summed E-state index contributed by atoms with van der Waals surface area (Å²) in [5.41, 5.74) is 3.27. The number of Topliss-reactive ketones (excluding diaryl/α,β-unsaturated/α-hetero) is 1. The first-order chi connectivity index (χ1) is 14.5. The Morgan fingerprint density at radius 1 is 0.967 bits per heavy atom. The molecule has 0 unspecified atom stereocenters. The third kappa shape index (κ3) is 4.34. The zero-order valence-corrected chi connectivity index (χ0v) is 17.5. The number of ether oxygens (including phenoxy) is 3. The lowest BCUT2D eigenvalue weighted by atomic mass is 10.0. The summed E-state index contributed by atoms with van der Waals surface area (Å²) >= 11 is 5.92. The number of carbonyl (C=O) groups is 1. The monoisotopic (exact) mass is 420 g/mol. The van der Waals surface area contributed by atoms with Gasteiger partial charge in [-0.25, -0.2) is 0 Å². The van der Waals surface area contributed by atoms with Gasteiger partial charge in [0.1, 0.15) is 23.9 Å². The first-order valence-electron chi connectivity index (χ1n) is 9.72. The van der Waals surface area contributed by atoms with Crippen LogP contribution in [0.4, 0.5) is 0 Å². The van der Waals surface area contributed by atoms with Crippen LogP contribution in [0.25, 0.3) is 6.08 Å². The van der Waals surface area contributed by atoms with E-state index in [-0.39, 0.29) is 5.78 Å². The van der Waals surface area contributed by atoms with E-state index in [9.17, 15) is 4.79 Å². The van der Waals surface area contributed by atoms with E-state index in [1.807, 2.05) is 68.4 Å². The second kappa shape index (κ2) is 8.64. The molecular weight excluding hydrogens is 400 g/mol. The Hall–Kier alpha value is -3.24. The van der Waals surface area contributed by atoms with Crippen molar-refractivity contribution in [1.82, 2.24) is 0 Å². The van der Waals surface area contributed by atoms with Crippen LogP contribution in [0, 0.1) is 6.92 Å². The van der Waals surface area contributed by atoms with Crippen molar-refractivity contribution in [3.63, 3.8) is 0 Å². The Labute approximate surface area is 180 Å². The minimum absolute atomic E-state index is 0.124. The highest BCUT2D eigenvalue weighted by atomic mass is 35.5. The lowest BCUT2D eigenvalue weighted by molar-refractivity contribution is 0.101. The van der Waals surface area contributed by atoms with Gasteiger partial charge in [0.05, 0.1) is 12.2 Å². The molecule has 0 N–H and O–H groups in total. The van der Waals surface area contributed by atoms with Crippen molar-refractivity contribution in [2.45, 2.75) is 20.5 Å². The molecule has 152 valence electrons. The van der Waals surface area contributed by atoms with E-state index in [2.05, 4.69) is 0 Å². The molecule has 0 aromatic heterocycles. The summed E-state index contributed by atoms with van der Waals surface area (Å²) in [5, 5.41) is 0.686. The number of fused-ring (bicyclic) bond motifs is 1. The minimum Gasteiger partial charge on any atom is -0.494 e. The number of benzene rings is 3. The summed E-state index contributed by atoms with van der Waals surface area (Å²) < 4.78 is 17.2. The molecule has 3 aromatic carbocycles. The first-order valence-corrected chi connectivity index (χ1v) is 10.1. The number of aryl methyl sites for hydroxylation is 1. The van der Waals surface area contributed by atoms with E-state index < -0.39 is 0 Å². The highest BCUT2D eigenvalue weighted by Crippen LogP contribution is 2.37. The number of hydrogen-bond acceptors (Lipinski definition) is 4. The van der Waals surface area contributed by atoms with Crippen LogP contribution in [-0.4, -0.2) is 12.4 Å². The first kappa shape index (κ1) is 20.0. The fraction of sp³-hybridized carbons (Fsp3) is 0.160. The Kier molecular flexibility index (Phi) is 5.77. The molecule has 0 amide bonds. The average molecular weight is 421 g/mol. The van der Waals surface area contributed by atoms with Gasteiger partial charge in [-0.1, -0.05) is 35.9 Å². The normalized spacial score (nSPS) is 13.8. The second-order valence-electron chi connectivity index (χ2n) is 6.97. The van der Waals surface area contributed by atoms with Crippen LogP contribution < -0.4 is 14.2 Å². The van der Waals surface area contributed by atoms with Gasteiger partial charge in [-0.3, -0.25) is 4.79 Å². The fourth-order valence-electron chi connectivity index (χ4n) is 3.29. The molecule has 1 aliphatic heterocycles. The Bertz CT molecular complexity index is 1100. The number of ketones is 1. The van der Waals surface area contributed by atoms with Crippen molar-refractivity contribution in [1.29, 1.82) is 0 Å². The summed E-state index contributed by atoms with van der Waals surface area (Å²) in [6, 6.07) is 18.6. The summed E-state index contributed by atoms with van der Waals surface area (Å²) in [6.07, 6.45) is 1.74. The SMILES string of the molecule is CCOc1ccc(/C=C2\Oc3cc(OCc4ccc(Cl)cc4)cc(C)c3C2=O)cc1. The largest absolute Gasteiger partial charge is 0.494 e. The molecule has 0 radical (unpaired) electrons. The van der Waals surface area contributed by atoms with Crippen LogP contribution in [0.2, 0.25) is 5.02 Å². The van der Waals surface area contributed by atoms with Crippen molar-refractivity contribution < 1.29 is 19.0 Å². The standard InChI is InChI=1S/C25H21ClO4/c1-3-28-20-10-6-17(7-11-20)13-23-25(27)24-16(2)12-21(14-22(24)30-23)29-15-18-4-8-19(26)9-5-18/h4-14H,3,15H2,1-2H3/b23-13-. The second-order valence-corrected chi connectivity index (χ2v) is 7.41. The van der Waals surface area contributed by atoms with Crippen molar-refractivity contribution in [2.75, 3.05) is 6.61 Å². The number of allylic oxidation sites excluding steroid dienone is 1. The average Bonchev–Trinajstić information content (AvgIpc) is 3.05. The molecule has 0 saturated heterocycles. The maximum Gasteiger partial charge on any atom is 0.232 e. The van der Waals surface area contributed by atoms with E-state index in [1.54, 1.807) is 12.1 Å². The predicted octanol–water partition coefficient (Wildman–Crippen LogP) is 6.24. The number of halogens is 1. The molecule has 1 aliphatic rings. The summed E-state index contributed by atoms with van der Waals surface area (Å²) in [7, 11) is 0. The van der Waals surface area contributed by atoms with Gasteiger partial charge in [-0.2, -0.15) is 0 Å². The maximum atomic E-state index is 12.8. The quantitative estimate of drug-likeness (QED) is 0.442. The Balaban J connectivity index is 1.52. The molecule has 0 aliphatic carbocycles. The molecular formula is C25H21ClO4. The molecule has 0 spiro atoms. The third-order valence-corrected chi connectivity index (χ3v) is 5.00. The fourth-order valence-corrected chi connectivity index (χ4v) is 3.41. The molecule has 0 fully saturated rings. The number of carbonyl (C=O) groups excluding carboxylic acids is 1. The Morgan fingerprint density at radius 2 is 1.70 bits per heavy atom. The Morgan fingerprint density at radius 3 is 2.40 bits per heavy atom. The van der Waals surface area contributed by atoms with Crippen LogP contribution in [0.5, 0.6) is 17.2 Å². The van der Waals surface area contributed by atoms with E-state index in [0.29, 0.717) is 41.1 Å². The maximum absolute atomic E-state index is 12.8. The molecule has 5 heteroatoms. The van der Waals surface area contributed by atoms with E-state index >= 15 is 0 Å². The lowest BCUT2D eigenvalue weighted by Gasteiger charge is -2.09. The molecule has 0 bridgehead atoms. The summed E-state index contributed by atoms with van der Waals surface area (Å²) in [5.74, 6) is 2.13. The lowest BCUT2D eigenvalue weighted by Crippen LogP contribution is -2.00. The van der Waals surface area contributed by atoms with Gasteiger partial charge in [-0.05, 0) is 66.9 Å². The van der Waals surface area contributed by atoms with Gasteiger partial charge in [0.2, 0.25) is 5.78 Å². The van der Waals surface area contributed by atoms with Gasteiger partial charge in [0, 0.05) is 11.1 Å². The van der Waals surface area contributed by atoms with Crippen LogP contribution in [0.1, 0.15) is 34.0 Å².